The first-order chi connectivity index (χ1) is 9.74. The largest absolute Gasteiger partial charge is 0.333 e. The summed E-state index contributed by atoms with van der Waals surface area (Å²) in [4.78, 5) is 5.54. The van der Waals surface area contributed by atoms with E-state index in [0.29, 0.717) is 11.7 Å². The van der Waals surface area contributed by atoms with Gasteiger partial charge in [0, 0.05) is 4.70 Å². The fraction of sp³-hybridized carbons (Fsp3) is 0.333. The normalized spacial score (nSPS) is 17.9. The number of nitrogens with zero attached hydrogens (tertiary/aromatic N) is 2. The molecular weight excluding hydrogens is 270 g/mol. The maximum Gasteiger partial charge on any atom is 0.268 e. The Morgan fingerprint density at radius 2 is 2.00 bits per heavy atom. The highest BCUT2D eigenvalue weighted by Gasteiger charge is 2.36. The van der Waals surface area contributed by atoms with Crippen LogP contribution in [0.15, 0.2) is 34.9 Å². The van der Waals surface area contributed by atoms with Gasteiger partial charge in [-0.1, -0.05) is 36.2 Å². The second-order valence-electron chi connectivity index (χ2n) is 5.43. The van der Waals surface area contributed by atoms with Gasteiger partial charge >= 0.3 is 0 Å². The maximum atomic E-state index is 6.37. The molecule has 0 amide bonds. The highest BCUT2D eigenvalue weighted by atomic mass is 32.1. The van der Waals surface area contributed by atoms with Crippen LogP contribution in [0.5, 0.6) is 0 Å². The van der Waals surface area contributed by atoms with E-state index in [1.54, 1.807) is 11.3 Å². The van der Waals surface area contributed by atoms with Gasteiger partial charge in [0.05, 0.1) is 10.4 Å². The molecule has 1 aliphatic carbocycles. The number of hydrogen-bond acceptors (Lipinski definition) is 5. The van der Waals surface area contributed by atoms with Crippen molar-refractivity contribution in [3.8, 4) is 10.8 Å². The van der Waals surface area contributed by atoms with Gasteiger partial charge in [0.2, 0.25) is 0 Å². The summed E-state index contributed by atoms with van der Waals surface area (Å²) in [5.74, 6) is 1.24. The topological polar surface area (TPSA) is 64.9 Å². The summed E-state index contributed by atoms with van der Waals surface area (Å²) in [6.07, 6.45) is 4.17. The molecule has 1 fully saturated rings. The number of rotatable bonds is 2. The van der Waals surface area contributed by atoms with Crippen molar-refractivity contribution in [3.05, 3.63) is 36.2 Å². The van der Waals surface area contributed by atoms with Gasteiger partial charge in [0.1, 0.15) is 0 Å². The SMILES string of the molecule is NC1(c2noc(-c3cc4ccccc4s3)n2)CCCC1. The van der Waals surface area contributed by atoms with E-state index < -0.39 is 5.54 Å². The summed E-state index contributed by atoms with van der Waals surface area (Å²) in [6.45, 7) is 0. The molecule has 2 heterocycles. The highest BCUT2D eigenvalue weighted by Crippen LogP contribution is 2.37. The standard InChI is InChI=1S/C15H15N3OS/c16-15(7-3-4-8-15)14-17-13(19-18-14)12-9-10-5-1-2-6-11(10)20-12/h1-2,5-6,9H,3-4,7-8,16H2. The zero-order valence-electron chi connectivity index (χ0n) is 11.0. The van der Waals surface area contributed by atoms with Crippen molar-refractivity contribution < 1.29 is 4.52 Å². The predicted octanol–water partition coefficient (Wildman–Crippen LogP) is 3.68. The molecule has 0 unspecified atom stereocenters. The Balaban J connectivity index is 1.74. The monoisotopic (exact) mass is 285 g/mol. The Morgan fingerprint density at radius 3 is 2.80 bits per heavy atom. The van der Waals surface area contributed by atoms with Crippen molar-refractivity contribution in [1.82, 2.24) is 10.1 Å². The Bertz CT molecular complexity index is 722. The second kappa shape index (κ2) is 4.40. The van der Waals surface area contributed by atoms with Crippen LogP contribution in [0.25, 0.3) is 20.9 Å². The molecular formula is C15H15N3OS. The third-order valence-electron chi connectivity index (χ3n) is 4.00. The van der Waals surface area contributed by atoms with Crippen molar-refractivity contribution in [3.63, 3.8) is 0 Å². The van der Waals surface area contributed by atoms with Crippen LogP contribution in [0.2, 0.25) is 0 Å². The summed E-state index contributed by atoms with van der Waals surface area (Å²) in [7, 11) is 0. The molecule has 20 heavy (non-hydrogen) atoms. The van der Waals surface area contributed by atoms with E-state index in [-0.39, 0.29) is 0 Å². The van der Waals surface area contributed by atoms with E-state index >= 15 is 0 Å². The first kappa shape index (κ1) is 12.1. The average Bonchev–Trinajstić information content (AvgIpc) is 3.17. The number of fused-ring (bicyclic) bond motifs is 1. The van der Waals surface area contributed by atoms with Gasteiger partial charge in [0.25, 0.3) is 5.89 Å². The smallest absolute Gasteiger partial charge is 0.268 e. The summed E-state index contributed by atoms with van der Waals surface area (Å²) < 4.78 is 6.65. The molecule has 4 nitrogen and oxygen atoms in total. The molecule has 0 atom stereocenters. The summed E-state index contributed by atoms with van der Waals surface area (Å²) in [5.41, 5.74) is 5.97. The van der Waals surface area contributed by atoms with Crippen LogP contribution in [0, 0.1) is 0 Å². The molecule has 1 saturated carbocycles. The Labute approximate surface area is 120 Å². The van der Waals surface area contributed by atoms with Crippen molar-refractivity contribution in [2.24, 2.45) is 5.73 Å². The second-order valence-corrected chi connectivity index (χ2v) is 6.52. The fourth-order valence-electron chi connectivity index (χ4n) is 2.84. The van der Waals surface area contributed by atoms with Crippen LogP contribution in [-0.2, 0) is 5.54 Å². The molecule has 102 valence electrons. The summed E-state index contributed by atoms with van der Waals surface area (Å²) in [6, 6.07) is 10.4. The van der Waals surface area contributed by atoms with E-state index in [0.717, 1.165) is 30.6 Å². The average molecular weight is 285 g/mol. The van der Waals surface area contributed by atoms with E-state index in [1.807, 2.05) is 12.1 Å². The highest BCUT2D eigenvalue weighted by molar-refractivity contribution is 7.22. The van der Waals surface area contributed by atoms with Crippen LogP contribution < -0.4 is 5.73 Å². The van der Waals surface area contributed by atoms with E-state index in [2.05, 4.69) is 28.3 Å². The Hall–Kier alpha value is -1.72. The van der Waals surface area contributed by atoms with Crippen molar-refractivity contribution in [1.29, 1.82) is 0 Å². The van der Waals surface area contributed by atoms with Gasteiger partial charge in [-0.25, -0.2) is 0 Å². The van der Waals surface area contributed by atoms with Crippen LogP contribution in [-0.4, -0.2) is 10.1 Å². The van der Waals surface area contributed by atoms with Crippen molar-refractivity contribution in [2.75, 3.05) is 0 Å². The fourth-order valence-corrected chi connectivity index (χ4v) is 3.83. The molecule has 0 aliphatic heterocycles. The van der Waals surface area contributed by atoms with E-state index in [9.17, 15) is 0 Å². The molecule has 1 aromatic carbocycles. The Morgan fingerprint density at radius 1 is 1.20 bits per heavy atom. The van der Waals surface area contributed by atoms with Gasteiger partial charge in [-0.05, 0) is 30.4 Å². The molecule has 2 N–H and O–H groups in total. The van der Waals surface area contributed by atoms with Crippen molar-refractivity contribution >= 4 is 21.4 Å². The minimum Gasteiger partial charge on any atom is -0.333 e. The lowest BCUT2D eigenvalue weighted by molar-refractivity contribution is 0.373. The van der Waals surface area contributed by atoms with E-state index in [1.165, 1.54) is 10.1 Å². The van der Waals surface area contributed by atoms with Crippen LogP contribution in [0.1, 0.15) is 31.5 Å². The van der Waals surface area contributed by atoms with Crippen LogP contribution in [0.4, 0.5) is 0 Å². The lowest BCUT2D eigenvalue weighted by Gasteiger charge is -2.17. The molecule has 0 saturated heterocycles. The third-order valence-corrected chi connectivity index (χ3v) is 5.11. The first-order valence-corrected chi connectivity index (χ1v) is 7.68. The first-order valence-electron chi connectivity index (χ1n) is 6.87. The van der Waals surface area contributed by atoms with Gasteiger partial charge in [-0.15, -0.1) is 11.3 Å². The number of aromatic nitrogens is 2. The van der Waals surface area contributed by atoms with Gasteiger partial charge in [0.15, 0.2) is 5.82 Å². The zero-order chi connectivity index (χ0) is 13.6. The minimum atomic E-state index is -0.390. The molecule has 0 spiro atoms. The molecule has 4 rings (SSSR count). The molecule has 3 aromatic rings. The minimum absolute atomic E-state index is 0.390. The maximum absolute atomic E-state index is 6.37. The number of nitrogens with two attached hydrogens (primary N) is 1. The lowest BCUT2D eigenvalue weighted by atomic mass is 9.99. The van der Waals surface area contributed by atoms with E-state index in [4.69, 9.17) is 10.3 Å². The molecule has 1 aliphatic rings. The molecule has 0 radical (unpaired) electrons. The van der Waals surface area contributed by atoms with Crippen LogP contribution in [0.3, 0.4) is 0 Å². The molecule has 0 bridgehead atoms. The number of benzene rings is 1. The van der Waals surface area contributed by atoms with Gasteiger partial charge in [-0.3, -0.25) is 0 Å². The lowest BCUT2D eigenvalue weighted by Crippen LogP contribution is -2.34. The predicted molar refractivity (Wildman–Crippen MR) is 79.5 cm³/mol. The van der Waals surface area contributed by atoms with Crippen molar-refractivity contribution in [2.45, 2.75) is 31.2 Å². The zero-order valence-corrected chi connectivity index (χ0v) is 11.8. The molecule has 2 aromatic heterocycles. The number of hydrogen-bond donors (Lipinski definition) is 1. The third kappa shape index (κ3) is 1.85. The Kier molecular flexibility index (Phi) is 2.65. The van der Waals surface area contributed by atoms with Crippen LogP contribution >= 0.6 is 11.3 Å². The van der Waals surface area contributed by atoms with Gasteiger partial charge < -0.3 is 10.3 Å². The van der Waals surface area contributed by atoms with Gasteiger partial charge in [-0.2, -0.15) is 4.98 Å². The quantitative estimate of drug-likeness (QED) is 0.780. The summed E-state index contributed by atoms with van der Waals surface area (Å²) in [5, 5.41) is 5.32. The molecule has 5 heteroatoms. The number of thiophene rings is 1. The summed E-state index contributed by atoms with van der Waals surface area (Å²) >= 11 is 1.67.